The Kier molecular flexibility index (Phi) is 32.0. The molecule has 0 N–H and O–H groups in total. The molecule has 0 saturated heterocycles. The topological polar surface area (TPSA) is 232 Å². The lowest BCUT2D eigenvalue weighted by atomic mass is 9.98. The Bertz CT molecular complexity index is 7860. The third kappa shape index (κ3) is 24.7. The van der Waals surface area contributed by atoms with Crippen molar-refractivity contribution in [3.05, 3.63) is 477 Å². The van der Waals surface area contributed by atoms with Gasteiger partial charge in [0.05, 0.1) is 34.2 Å². The zero-order valence-corrected chi connectivity index (χ0v) is 81.9. The number of nitrogens with zero attached hydrogens (tertiary/aromatic N) is 14. The highest BCUT2D eigenvalue weighted by molar-refractivity contribution is 5.58. The molecule has 0 aliphatic heterocycles. The van der Waals surface area contributed by atoms with Crippen LogP contribution in [-0.2, 0) is 77.0 Å². The zero-order valence-electron chi connectivity index (χ0n) is 81.9. The van der Waals surface area contributed by atoms with Crippen LogP contribution in [0.15, 0.2) is 309 Å². The van der Waals surface area contributed by atoms with Gasteiger partial charge in [0.25, 0.3) is 33.4 Å². The van der Waals surface area contributed by atoms with Gasteiger partial charge in [0.15, 0.2) is 0 Å². The molecule has 20 heteroatoms. The number of hydrogen-bond donors (Lipinski definition) is 0. The molecule has 6 aliphatic carbocycles. The second-order valence-electron chi connectivity index (χ2n) is 37.4. The summed E-state index contributed by atoms with van der Waals surface area (Å²) in [5.41, 5.74) is 26.4. The van der Waals surface area contributed by atoms with E-state index in [1.54, 1.807) is 76.0 Å². The van der Waals surface area contributed by atoms with Gasteiger partial charge in [0.2, 0.25) is 0 Å². The summed E-state index contributed by atoms with van der Waals surface area (Å²) in [4.78, 5) is 113. The van der Waals surface area contributed by atoms with Crippen LogP contribution in [0.4, 0.5) is 0 Å². The number of benzene rings is 4. The van der Waals surface area contributed by atoms with Gasteiger partial charge in [-0.25, -0.2) is 39.9 Å². The molecule has 18 aromatic rings. The Morgan fingerprint density at radius 2 is 0.342 bits per heavy atom. The monoisotopic (exact) mass is 1910 g/mol. The van der Waals surface area contributed by atoms with E-state index in [0.29, 0.717) is 33.9 Å². The average molecular weight is 1920 g/mol. The molecule has 24 rings (SSSR count). The Hall–Kier alpha value is -17.3. The number of pyridine rings is 8. The van der Waals surface area contributed by atoms with Gasteiger partial charge >= 0.3 is 0 Å². The molecule has 14 aromatic heterocycles. The lowest BCUT2D eigenvalue weighted by Gasteiger charge is -2.13. The highest BCUT2D eigenvalue weighted by atomic mass is 16.2. The number of fused-ring (bicyclic) bond motifs is 12. The van der Waals surface area contributed by atoms with E-state index in [2.05, 4.69) is 81.0 Å². The van der Waals surface area contributed by atoms with Crippen LogP contribution in [0.5, 0.6) is 0 Å². The van der Waals surface area contributed by atoms with E-state index in [1.807, 2.05) is 231 Å². The summed E-state index contributed by atoms with van der Waals surface area (Å²) in [6, 6.07) is 73.5. The first-order chi connectivity index (χ1) is 71.9. The Balaban J connectivity index is 0.000000111. The van der Waals surface area contributed by atoms with Crippen LogP contribution in [0.3, 0.4) is 0 Å². The van der Waals surface area contributed by atoms with Gasteiger partial charge < -0.3 is 0 Å². The molecule has 4 aromatic carbocycles. The maximum atomic E-state index is 12.8. The van der Waals surface area contributed by atoms with Gasteiger partial charge in [-0.3, -0.25) is 55.2 Å². The van der Waals surface area contributed by atoms with Gasteiger partial charge in [0, 0.05) is 139 Å². The normalized spacial score (nSPS) is 13.8. The van der Waals surface area contributed by atoms with E-state index in [-0.39, 0.29) is 33.4 Å². The minimum atomic E-state index is 0.0705. The van der Waals surface area contributed by atoms with Gasteiger partial charge in [-0.1, -0.05) is 196 Å². The molecule has 0 bridgehead atoms. The summed E-state index contributed by atoms with van der Waals surface area (Å²) < 4.78 is 9.89. The molecule has 20 nitrogen and oxygen atoms in total. The second kappa shape index (κ2) is 48.0. The summed E-state index contributed by atoms with van der Waals surface area (Å²) in [5, 5.41) is 0. The quantitative estimate of drug-likeness (QED) is 0.102. The molecule has 0 radical (unpaired) electrons. The van der Waals surface area contributed by atoms with Crippen molar-refractivity contribution in [2.45, 2.75) is 205 Å². The van der Waals surface area contributed by atoms with Crippen molar-refractivity contribution in [3.8, 4) is 71.0 Å². The molecule has 14 heterocycles. The molecule has 0 fully saturated rings. The molecule has 6 aliphatic rings. The maximum Gasteiger partial charge on any atom is 0.261 e. The predicted octanol–water partition coefficient (Wildman–Crippen LogP) is 19.7. The number of rotatable bonds is 0. The van der Waals surface area contributed by atoms with Crippen molar-refractivity contribution >= 4 is 33.9 Å². The van der Waals surface area contributed by atoms with Crippen molar-refractivity contribution in [1.82, 2.24) is 66.3 Å². The fraction of sp³-hybridized carbons (Fsp3) is 0.254. The predicted molar refractivity (Wildman–Crippen MR) is 576 cm³/mol. The van der Waals surface area contributed by atoms with Crippen LogP contribution < -0.4 is 33.4 Å². The molecule has 0 spiro atoms. The van der Waals surface area contributed by atoms with E-state index in [9.17, 15) is 28.8 Å². The first-order valence-corrected chi connectivity index (χ1v) is 51.3. The standard InChI is InChI=1S/C22H20N2O.C21H19N3O.3C21H18N2O.C20H17N3O/c25-22-19-10-6-1-2-7-11-20(19)23-21-16-18(14-15-24(21)22)13-12-17-8-4-3-5-9-17;25-21-18-8-3-1-2-4-9-19(18)23-20-15-16(12-14-24(20)21)10-11-17-7-5-6-13-22-17;3*24-21-18-9-5-2-6-10-19(18)22-20-15-17(13-14-23(20)21)12-11-16-7-3-1-4-8-16;24-20-17-7-2-1-3-8-18(17)22-19-14-15(11-13-23(19)20)9-10-16-6-4-5-12-21-16/h3-5,8-9,14-16H,1-2,6-7,10-11H2;5-7,12-15H,1-4,8-9H2;3*1,3-4,7-8,13-15H,2,5-6,9-10H2;4-6,11-14H,1-3,7-8H2. The highest BCUT2D eigenvalue weighted by Gasteiger charge is 2.23. The van der Waals surface area contributed by atoms with E-state index in [4.69, 9.17) is 29.9 Å². The summed E-state index contributed by atoms with van der Waals surface area (Å²) in [5.74, 6) is 37.5. The lowest BCUT2D eigenvalue weighted by Crippen LogP contribution is -2.23. The third-order valence-electron chi connectivity index (χ3n) is 27.1. The molecular formula is C126H110N14O6. The van der Waals surface area contributed by atoms with E-state index in [0.717, 1.165) is 295 Å². The van der Waals surface area contributed by atoms with Crippen molar-refractivity contribution in [3.63, 3.8) is 0 Å². The minimum absolute atomic E-state index is 0.0705. The first kappa shape index (κ1) is 97.5. The average Bonchev–Trinajstić information content (AvgIpc) is 1.74. The summed E-state index contributed by atoms with van der Waals surface area (Å²) in [6.45, 7) is 0. The highest BCUT2D eigenvalue weighted by Crippen LogP contribution is 2.26. The second-order valence-corrected chi connectivity index (χ2v) is 37.4. The van der Waals surface area contributed by atoms with Gasteiger partial charge in [0.1, 0.15) is 45.3 Å². The van der Waals surface area contributed by atoms with E-state index < -0.39 is 0 Å². The maximum absolute atomic E-state index is 12.8. The summed E-state index contributed by atoms with van der Waals surface area (Å²) in [6.07, 6.45) is 47.3. The van der Waals surface area contributed by atoms with Gasteiger partial charge in [-0.15, -0.1) is 0 Å². The van der Waals surface area contributed by atoms with Crippen molar-refractivity contribution in [2.24, 2.45) is 0 Å². The molecule has 0 saturated carbocycles. The molecule has 0 amide bonds. The summed E-state index contributed by atoms with van der Waals surface area (Å²) in [7, 11) is 0. The van der Waals surface area contributed by atoms with Crippen LogP contribution in [0.25, 0.3) is 33.9 Å². The smallest absolute Gasteiger partial charge is 0.261 e. The molecule has 146 heavy (non-hydrogen) atoms. The Morgan fingerprint density at radius 3 is 0.534 bits per heavy atom. The minimum Gasteiger partial charge on any atom is -0.269 e. The van der Waals surface area contributed by atoms with E-state index in [1.165, 1.54) is 44.9 Å². The van der Waals surface area contributed by atoms with Crippen LogP contribution in [0.1, 0.15) is 263 Å². The number of hydrogen-bond acceptors (Lipinski definition) is 14. The van der Waals surface area contributed by atoms with Crippen molar-refractivity contribution in [1.29, 1.82) is 0 Å². The van der Waals surface area contributed by atoms with Crippen LogP contribution >= 0.6 is 0 Å². The molecule has 0 unspecified atom stereocenters. The first-order valence-electron chi connectivity index (χ1n) is 51.3. The fourth-order valence-electron chi connectivity index (χ4n) is 19.3. The SMILES string of the molecule is O=c1c2c(nc3cc(C#Cc4ccccc4)ccn13)CCCCC2.O=c1c2c(nc3cc(C#Cc4ccccc4)ccn13)CCCCC2.O=c1c2c(nc3cc(C#Cc4ccccc4)ccn13)CCCCC2.O=c1c2c(nc3cc(C#Cc4ccccc4)ccn13)CCCCCC2.O=c1c2c(nc3cc(C#Cc4ccccn4)ccn13)CCCCC2.O=c1c2c(nc3cc(C#Cc4ccccn4)ccn13)CCCCCC2. The van der Waals surface area contributed by atoms with Crippen molar-refractivity contribution in [2.75, 3.05) is 0 Å². The lowest BCUT2D eigenvalue weighted by molar-refractivity contribution is 0.603. The van der Waals surface area contributed by atoms with Crippen LogP contribution in [-0.4, -0.2) is 66.3 Å². The Labute approximate surface area is 848 Å². The molecule has 0 atom stereocenters. The van der Waals surface area contributed by atoms with Crippen LogP contribution in [0, 0.1) is 71.0 Å². The van der Waals surface area contributed by atoms with Crippen LogP contribution in [0.2, 0.25) is 0 Å². The Morgan fingerprint density at radius 1 is 0.171 bits per heavy atom. The van der Waals surface area contributed by atoms with Gasteiger partial charge in [-0.2, -0.15) is 0 Å². The number of aryl methyl sites for hydroxylation is 6. The van der Waals surface area contributed by atoms with Crippen molar-refractivity contribution < 1.29 is 0 Å². The molecular weight excluding hydrogens is 1810 g/mol. The zero-order chi connectivity index (χ0) is 99.5. The molecule has 720 valence electrons. The van der Waals surface area contributed by atoms with Gasteiger partial charge in [-0.05, 0) is 312 Å². The summed E-state index contributed by atoms with van der Waals surface area (Å²) >= 11 is 0. The number of aromatic nitrogens is 14. The fourth-order valence-corrected chi connectivity index (χ4v) is 19.3. The van der Waals surface area contributed by atoms with E-state index >= 15 is 0 Å². The largest absolute Gasteiger partial charge is 0.269 e. The third-order valence-corrected chi connectivity index (χ3v) is 27.1.